The molecule has 1 radical (unpaired) electrons. The smallest absolute Gasteiger partial charge is 0.0361 e. The second kappa shape index (κ2) is 3.88. The quantitative estimate of drug-likeness (QED) is 0.710. The van der Waals surface area contributed by atoms with Gasteiger partial charge < -0.3 is 4.90 Å². The van der Waals surface area contributed by atoms with Crippen LogP contribution in [-0.4, -0.2) is 14.1 Å². The lowest BCUT2D eigenvalue weighted by Gasteiger charge is -2.24. The molecule has 1 aromatic carbocycles. The highest BCUT2D eigenvalue weighted by molar-refractivity contribution is 5.47. The Morgan fingerprint density at radius 1 is 1.07 bits per heavy atom. The molecule has 1 aliphatic rings. The van der Waals surface area contributed by atoms with Gasteiger partial charge in [0.15, 0.2) is 0 Å². The van der Waals surface area contributed by atoms with Crippen molar-refractivity contribution in [1.82, 2.24) is 0 Å². The van der Waals surface area contributed by atoms with Gasteiger partial charge in [0, 0.05) is 19.8 Å². The van der Waals surface area contributed by atoms with Crippen LogP contribution in [0.5, 0.6) is 0 Å². The van der Waals surface area contributed by atoms with Gasteiger partial charge in [-0.25, -0.2) is 0 Å². The standard InChI is InChI=1S/C14H20N/c1-14(10-4-5-11-14)12-6-8-13(9-7-12)15(2)3/h6-9H,1,4-5,10-11H2,2-3H3. The van der Waals surface area contributed by atoms with Crippen LogP contribution in [0.2, 0.25) is 0 Å². The second-order valence-electron chi connectivity index (χ2n) is 4.93. The van der Waals surface area contributed by atoms with Crippen molar-refractivity contribution in [1.29, 1.82) is 0 Å². The molecule has 0 bridgehead atoms. The molecule has 1 heteroatoms. The molecule has 0 spiro atoms. The van der Waals surface area contributed by atoms with E-state index in [1.807, 2.05) is 0 Å². The fraction of sp³-hybridized carbons (Fsp3) is 0.500. The van der Waals surface area contributed by atoms with Crippen LogP contribution < -0.4 is 4.90 Å². The van der Waals surface area contributed by atoms with E-state index in [2.05, 4.69) is 50.2 Å². The van der Waals surface area contributed by atoms with Crippen molar-refractivity contribution in [2.24, 2.45) is 0 Å². The average molecular weight is 202 g/mol. The summed E-state index contributed by atoms with van der Waals surface area (Å²) in [6.45, 7) is 4.40. The Kier molecular flexibility index (Phi) is 2.72. The van der Waals surface area contributed by atoms with Crippen LogP contribution in [0.1, 0.15) is 31.2 Å². The Morgan fingerprint density at radius 3 is 2.07 bits per heavy atom. The van der Waals surface area contributed by atoms with E-state index in [-0.39, 0.29) is 5.41 Å². The fourth-order valence-electron chi connectivity index (χ4n) is 2.45. The molecule has 0 aromatic heterocycles. The van der Waals surface area contributed by atoms with E-state index in [1.54, 1.807) is 0 Å². The summed E-state index contributed by atoms with van der Waals surface area (Å²) in [6.07, 6.45) is 5.15. The molecule has 1 aromatic rings. The van der Waals surface area contributed by atoms with E-state index in [9.17, 15) is 0 Å². The summed E-state index contributed by atoms with van der Waals surface area (Å²) in [5.74, 6) is 0. The zero-order valence-electron chi connectivity index (χ0n) is 9.79. The van der Waals surface area contributed by atoms with E-state index < -0.39 is 0 Å². The van der Waals surface area contributed by atoms with Crippen molar-refractivity contribution in [3.05, 3.63) is 36.8 Å². The maximum Gasteiger partial charge on any atom is 0.0361 e. The van der Waals surface area contributed by atoms with Gasteiger partial charge in [-0.1, -0.05) is 25.0 Å². The van der Waals surface area contributed by atoms with Gasteiger partial charge in [-0.3, -0.25) is 0 Å². The molecule has 15 heavy (non-hydrogen) atoms. The van der Waals surface area contributed by atoms with Crippen molar-refractivity contribution < 1.29 is 0 Å². The third kappa shape index (κ3) is 2.01. The highest BCUT2D eigenvalue weighted by atomic mass is 15.1. The number of anilines is 1. The summed E-state index contributed by atoms with van der Waals surface area (Å²) in [4.78, 5) is 2.13. The maximum atomic E-state index is 4.40. The van der Waals surface area contributed by atoms with Crippen molar-refractivity contribution in [2.45, 2.75) is 31.1 Å². The summed E-state index contributed by atoms with van der Waals surface area (Å²) in [5.41, 5.74) is 2.87. The Morgan fingerprint density at radius 2 is 1.60 bits per heavy atom. The molecule has 0 heterocycles. The van der Waals surface area contributed by atoms with Gasteiger partial charge in [0.2, 0.25) is 0 Å². The molecule has 0 saturated heterocycles. The first kappa shape index (κ1) is 10.5. The van der Waals surface area contributed by atoms with Crippen molar-refractivity contribution in [3.8, 4) is 0 Å². The largest absolute Gasteiger partial charge is 0.378 e. The number of nitrogens with zero attached hydrogens (tertiary/aromatic N) is 1. The Balaban J connectivity index is 2.23. The van der Waals surface area contributed by atoms with Gasteiger partial charge in [0.05, 0.1) is 0 Å². The molecule has 81 valence electrons. The highest BCUT2D eigenvalue weighted by Gasteiger charge is 2.30. The molecule has 1 fully saturated rings. The van der Waals surface area contributed by atoms with Gasteiger partial charge in [-0.2, -0.15) is 0 Å². The van der Waals surface area contributed by atoms with Crippen LogP contribution in [0.4, 0.5) is 5.69 Å². The molecule has 0 N–H and O–H groups in total. The first-order valence-electron chi connectivity index (χ1n) is 5.75. The summed E-state index contributed by atoms with van der Waals surface area (Å²) >= 11 is 0. The van der Waals surface area contributed by atoms with E-state index in [0.29, 0.717) is 0 Å². The summed E-state index contributed by atoms with van der Waals surface area (Å²) in [7, 11) is 4.15. The lowest BCUT2D eigenvalue weighted by atomic mass is 9.81. The van der Waals surface area contributed by atoms with Crippen molar-refractivity contribution >= 4 is 5.69 Å². The lowest BCUT2D eigenvalue weighted by molar-refractivity contribution is 0.553. The predicted molar refractivity (Wildman–Crippen MR) is 66.3 cm³/mol. The molecular formula is C14H20N. The van der Waals surface area contributed by atoms with Crippen LogP contribution in [-0.2, 0) is 5.41 Å². The molecule has 0 unspecified atom stereocenters. The topological polar surface area (TPSA) is 3.24 Å². The predicted octanol–water partition coefficient (Wildman–Crippen LogP) is 3.40. The number of rotatable bonds is 2. The first-order chi connectivity index (χ1) is 7.12. The van der Waals surface area contributed by atoms with Crippen LogP contribution in [0.15, 0.2) is 24.3 Å². The monoisotopic (exact) mass is 202 g/mol. The minimum absolute atomic E-state index is 0.199. The minimum atomic E-state index is 0.199. The Bertz CT molecular complexity index is 318. The van der Waals surface area contributed by atoms with Gasteiger partial charge >= 0.3 is 0 Å². The molecular weight excluding hydrogens is 182 g/mol. The molecule has 1 saturated carbocycles. The summed E-state index contributed by atoms with van der Waals surface area (Å²) in [5, 5.41) is 0. The molecule has 0 atom stereocenters. The first-order valence-corrected chi connectivity index (χ1v) is 5.75. The average Bonchev–Trinajstić information content (AvgIpc) is 2.67. The number of hydrogen-bond acceptors (Lipinski definition) is 1. The Labute approximate surface area is 93.1 Å². The maximum absolute atomic E-state index is 4.40. The van der Waals surface area contributed by atoms with Gasteiger partial charge in [-0.15, -0.1) is 0 Å². The lowest BCUT2D eigenvalue weighted by Crippen LogP contribution is -2.17. The number of hydrogen-bond donors (Lipinski definition) is 0. The van der Waals surface area contributed by atoms with Crippen LogP contribution >= 0.6 is 0 Å². The molecule has 1 nitrogen and oxygen atoms in total. The molecule has 0 aliphatic heterocycles. The van der Waals surface area contributed by atoms with Gasteiger partial charge in [0.25, 0.3) is 0 Å². The molecule has 2 rings (SSSR count). The van der Waals surface area contributed by atoms with Crippen LogP contribution in [0, 0.1) is 6.92 Å². The van der Waals surface area contributed by atoms with E-state index >= 15 is 0 Å². The number of benzene rings is 1. The Hall–Kier alpha value is -0.980. The third-order valence-electron chi connectivity index (χ3n) is 3.56. The fourth-order valence-corrected chi connectivity index (χ4v) is 2.45. The van der Waals surface area contributed by atoms with Gasteiger partial charge in [-0.05, 0) is 42.9 Å². The summed E-state index contributed by atoms with van der Waals surface area (Å²) in [6, 6.07) is 8.88. The van der Waals surface area contributed by atoms with E-state index in [4.69, 9.17) is 0 Å². The summed E-state index contributed by atoms with van der Waals surface area (Å²) < 4.78 is 0. The second-order valence-corrected chi connectivity index (χ2v) is 4.93. The van der Waals surface area contributed by atoms with E-state index in [0.717, 1.165) is 0 Å². The molecule has 0 amide bonds. The van der Waals surface area contributed by atoms with Gasteiger partial charge in [0.1, 0.15) is 0 Å². The third-order valence-corrected chi connectivity index (χ3v) is 3.56. The van der Waals surface area contributed by atoms with Crippen LogP contribution in [0.25, 0.3) is 0 Å². The van der Waals surface area contributed by atoms with Crippen LogP contribution in [0.3, 0.4) is 0 Å². The zero-order chi connectivity index (χ0) is 10.9. The minimum Gasteiger partial charge on any atom is -0.378 e. The zero-order valence-corrected chi connectivity index (χ0v) is 9.79. The normalized spacial score (nSPS) is 19.1. The van der Waals surface area contributed by atoms with E-state index in [1.165, 1.54) is 36.9 Å². The SMILES string of the molecule is [CH2]C1(c2ccc(N(C)C)cc2)CCCC1. The molecule has 1 aliphatic carbocycles. The van der Waals surface area contributed by atoms with Crippen molar-refractivity contribution in [3.63, 3.8) is 0 Å². The van der Waals surface area contributed by atoms with Crippen molar-refractivity contribution in [2.75, 3.05) is 19.0 Å². The highest BCUT2D eigenvalue weighted by Crippen LogP contribution is 2.40.